The zero-order chi connectivity index (χ0) is 14.1. The molecule has 0 aromatic carbocycles. The van der Waals surface area contributed by atoms with Gasteiger partial charge in [0.15, 0.2) is 0 Å². The van der Waals surface area contributed by atoms with Gasteiger partial charge in [0.25, 0.3) is 0 Å². The summed E-state index contributed by atoms with van der Waals surface area (Å²) in [6.45, 7) is 3.37. The number of aromatic amines is 1. The third-order valence-electron chi connectivity index (χ3n) is 3.23. The molecular formula is C12H15N5OS2. The van der Waals surface area contributed by atoms with Crippen molar-refractivity contribution in [3.8, 4) is 0 Å². The van der Waals surface area contributed by atoms with Gasteiger partial charge >= 0.3 is 0 Å². The molecule has 1 atom stereocenters. The Labute approximate surface area is 124 Å². The van der Waals surface area contributed by atoms with Crippen molar-refractivity contribution in [3.05, 3.63) is 21.9 Å². The minimum atomic E-state index is -0.217. The molecule has 1 aliphatic rings. The zero-order valence-corrected chi connectivity index (χ0v) is 12.6. The highest BCUT2D eigenvalue weighted by molar-refractivity contribution is 8.00. The quantitative estimate of drug-likeness (QED) is 0.839. The summed E-state index contributed by atoms with van der Waals surface area (Å²) in [4.78, 5) is 19.8. The van der Waals surface area contributed by atoms with Crippen molar-refractivity contribution in [2.75, 3.05) is 12.3 Å². The van der Waals surface area contributed by atoms with Crippen LogP contribution in [0.1, 0.15) is 17.4 Å². The van der Waals surface area contributed by atoms with Crippen LogP contribution in [-0.2, 0) is 17.8 Å². The molecule has 0 unspecified atom stereocenters. The number of hydrogen-bond donors (Lipinski definition) is 2. The lowest BCUT2D eigenvalue weighted by Crippen LogP contribution is -2.39. The van der Waals surface area contributed by atoms with Crippen LogP contribution in [0, 0.1) is 0 Å². The summed E-state index contributed by atoms with van der Waals surface area (Å²) in [5.41, 5.74) is 6.75. The highest BCUT2D eigenvalue weighted by Crippen LogP contribution is 2.27. The van der Waals surface area contributed by atoms with E-state index in [0.717, 1.165) is 13.0 Å². The molecular weight excluding hydrogens is 294 g/mol. The van der Waals surface area contributed by atoms with Crippen LogP contribution >= 0.6 is 23.1 Å². The van der Waals surface area contributed by atoms with Crippen LogP contribution in [0.5, 0.6) is 0 Å². The molecule has 1 aliphatic heterocycles. The highest BCUT2D eigenvalue weighted by atomic mass is 32.2. The number of thioether (sulfide) groups is 1. The lowest BCUT2D eigenvalue weighted by atomic mass is 10.1. The van der Waals surface area contributed by atoms with E-state index in [0.29, 0.717) is 11.7 Å². The van der Waals surface area contributed by atoms with Gasteiger partial charge < -0.3 is 10.6 Å². The molecule has 0 saturated heterocycles. The Hall–Kier alpha value is -1.54. The molecule has 0 bridgehead atoms. The topological polar surface area (TPSA) is 87.9 Å². The van der Waals surface area contributed by atoms with Crippen molar-refractivity contribution < 1.29 is 4.79 Å². The number of H-pyrrole nitrogens is 1. The summed E-state index contributed by atoms with van der Waals surface area (Å²) >= 11 is 3.10. The summed E-state index contributed by atoms with van der Waals surface area (Å²) in [7, 11) is 0. The number of anilines is 1. The van der Waals surface area contributed by atoms with Crippen LogP contribution in [0.4, 0.5) is 5.95 Å². The molecule has 6 nitrogen and oxygen atoms in total. The van der Waals surface area contributed by atoms with Crippen LogP contribution in [-0.4, -0.2) is 37.8 Å². The average Bonchev–Trinajstić information content (AvgIpc) is 3.05. The minimum Gasteiger partial charge on any atom is -0.368 e. The number of thiophene rings is 1. The zero-order valence-electron chi connectivity index (χ0n) is 11.0. The largest absolute Gasteiger partial charge is 0.368 e. The van der Waals surface area contributed by atoms with Crippen LogP contribution in [0.15, 0.2) is 16.6 Å². The molecule has 3 heterocycles. The van der Waals surface area contributed by atoms with Crippen LogP contribution in [0.3, 0.4) is 0 Å². The van der Waals surface area contributed by atoms with E-state index >= 15 is 0 Å². The van der Waals surface area contributed by atoms with Crippen LogP contribution in [0.2, 0.25) is 0 Å². The Bertz CT molecular complexity index is 623. The second kappa shape index (κ2) is 5.45. The van der Waals surface area contributed by atoms with Gasteiger partial charge in [-0.05, 0) is 30.4 Å². The number of nitrogens with zero attached hydrogens (tertiary/aromatic N) is 3. The molecule has 3 rings (SSSR count). The number of rotatable bonds is 3. The average molecular weight is 309 g/mol. The Kier molecular flexibility index (Phi) is 3.66. The first-order chi connectivity index (χ1) is 9.63. The van der Waals surface area contributed by atoms with E-state index in [1.165, 1.54) is 22.2 Å². The molecule has 2 aromatic heterocycles. The fourth-order valence-electron chi connectivity index (χ4n) is 2.21. The van der Waals surface area contributed by atoms with Crippen molar-refractivity contribution in [2.24, 2.45) is 0 Å². The van der Waals surface area contributed by atoms with Gasteiger partial charge in [0.05, 0.1) is 5.25 Å². The van der Waals surface area contributed by atoms with E-state index in [-0.39, 0.29) is 17.1 Å². The fourth-order valence-corrected chi connectivity index (χ4v) is 3.92. The monoisotopic (exact) mass is 309 g/mol. The molecule has 20 heavy (non-hydrogen) atoms. The van der Waals surface area contributed by atoms with Crippen LogP contribution < -0.4 is 5.73 Å². The molecule has 0 aliphatic carbocycles. The van der Waals surface area contributed by atoms with E-state index in [9.17, 15) is 4.79 Å². The minimum absolute atomic E-state index is 0.121. The van der Waals surface area contributed by atoms with E-state index in [1.54, 1.807) is 11.3 Å². The Balaban J connectivity index is 1.64. The van der Waals surface area contributed by atoms with E-state index in [2.05, 4.69) is 26.6 Å². The maximum absolute atomic E-state index is 12.5. The van der Waals surface area contributed by atoms with Gasteiger partial charge in [0.2, 0.25) is 17.0 Å². The molecule has 106 valence electrons. The predicted molar refractivity (Wildman–Crippen MR) is 79.6 cm³/mol. The maximum atomic E-state index is 12.5. The molecule has 2 aromatic rings. The number of carbonyl (C=O) groups is 1. The second-order valence-electron chi connectivity index (χ2n) is 4.64. The standard InChI is InChI=1S/C12H15N5OS2/c1-7(20-12-14-11(13)15-16-12)10(18)17-4-2-9-8(6-17)3-5-19-9/h3,5,7H,2,4,6H2,1H3,(H3,13,14,15,16)/t7-/m1/s1. The van der Waals surface area contributed by atoms with E-state index < -0.39 is 0 Å². The summed E-state index contributed by atoms with van der Waals surface area (Å²) in [6, 6.07) is 2.10. The lowest BCUT2D eigenvalue weighted by Gasteiger charge is -2.28. The summed E-state index contributed by atoms with van der Waals surface area (Å²) in [5, 5.41) is 8.90. The number of nitrogens with two attached hydrogens (primary N) is 1. The molecule has 0 fully saturated rings. The third-order valence-corrected chi connectivity index (χ3v) is 5.20. The molecule has 0 radical (unpaired) electrons. The van der Waals surface area contributed by atoms with Gasteiger partial charge in [-0.2, -0.15) is 4.98 Å². The van der Waals surface area contributed by atoms with Gasteiger partial charge in [-0.15, -0.1) is 16.4 Å². The lowest BCUT2D eigenvalue weighted by molar-refractivity contribution is -0.131. The SMILES string of the molecule is C[C@@H](Sc1n[nH]c(N)n1)C(=O)N1CCc2sccc2C1. The number of hydrogen-bond acceptors (Lipinski definition) is 6. The van der Waals surface area contributed by atoms with Crippen molar-refractivity contribution in [1.82, 2.24) is 20.1 Å². The molecule has 0 spiro atoms. The summed E-state index contributed by atoms with van der Waals surface area (Å²) < 4.78 is 0. The number of carbonyl (C=O) groups excluding carboxylic acids is 1. The van der Waals surface area contributed by atoms with E-state index in [1.807, 2.05) is 11.8 Å². The Morgan fingerprint density at radius 1 is 1.65 bits per heavy atom. The summed E-state index contributed by atoms with van der Waals surface area (Å²) in [6.07, 6.45) is 0.948. The van der Waals surface area contributed by atoms with Crippen molar-refractivity contribution in [1.29, 1.82) is 0 Å². The maximum Gasteiger partial charge on any atom is 0.236 e. The highest BCUT2D eigenvalue weighted by Gasteiger charge is 2.26. The number of nitrogen functional groups attached to an aromatic ring is 1. The smallest absolute Gasteiger partial charge is 0.236 e. The van der Waals surface area contributed by atoms with Gasteiger partial charge in [-0.25, -0.2) is 5.10 Å². The Morgan fingerprint density at radius 3 is 3.25 bits per heavy atom. The molecule has 8 heteroatoms. The number of aromatic nitrogens is 3. The molecule has 3 N–H and O–H groups in total. The number of amides is 1. The number of fused-ring (bicyclic) bond motifs is 1. The fraction of sp³-hybridized carbons (Fsp3) is 0.417. The van der Waals surface area contributed by atoms with Gasteiger partial charge in [0.1, 0.15) is 0 Å². The van der Waals surface area contributed by atoms with E-state index in [4.69, 9.17) is 5.73 Å². The normalized spacial score (nSPS) is 15.9. The summed E-state index contributed by atoms with van der Waals surface area (Å²) in [5.74, 6) is 0.392. The Morgan fingerprint density at radius 2 is 2.50 bits per heavy atom. The van der Waals surface area contributed by atoms with Crippen molar-refractivity contribution >= 4 is 35.0 Å². The van der Waals surface area contributed by atoms with Gasteiger partial charge in [-0.3, -0.25) is 4.79 Å². The number of nitrogens with one attached hydrogen (secondary N) is 1. The van der Waals surface area contributed by atoms with Gasteiger partial charge in [-0.1, -0.05) is 11.8 Å². The van der Waals surface area contributed by atoms with Crippen molar-refractivity contribution in [2.45, 2.75) is 30.3 Å². The van der Waals surface area contributed by atoms with Gasteiger partial charge in [0, 0.05) is 18.0 Å². The first-order valence-corrected chi connectivity index (χ1v) is 8.08. The molecule has 0 saturated carbocycles. The molecule has 1 amide bonds. The first-order valence-electron chi connectivity index (χ1n) is 6.32. The van der Waals surface area contributed by atoms with Crippen LogP contribution in [0.25, 0.3) is 0 Å². The third kappa shape index (κ3) is 2.66. The predicted octanol–water partition coefficient (Wildman–Crippen LogP) is 1.51. The van der Waals surface area contributed by atoms with Crippen molar-refractivity contribution in [3.63, 3.8) is 0 Å². The first kappa shape index (κ1) is 13.4. The second-order valence-corrected chi connectivity index (χ2v) is 6.95.